The number of hydrogen-bond donors (Lipinski definition) is 2. The van der Waals surface area contributed by atoms with Crippen molar-refractivity contribution in [2.75, 3.05) is 45.8 Å². The summed E-state index contributed by atoms with van der Waals surface area (Å²) in [6.45, 7) is 3.34. The van der Waals surface area contributed by atoms with E-state index in [1.165, 1.54) is 16.9 Å². The molecule has 0 spiro atoms. The van der Waals surface area contributed by atoms with Crippen LogP contribution in [-0.4, -0.2) is 62.4 Å². The molecule has 2 aliphatic heterocycles. The summed E-state index contributed by atoms with van der Waals surface area (Å²) in [7, 11) is 3.76. The van der Waals surface area contributed by atoms with Crippen LogP contribution in [0.1, 0.15) is 24.8 Å². The summed E-state index contributed by atoms with van der Waals surface area (Å²) in [5.41, 5.74) is 3.31. The molecule has 0 radical (unpaired) electrons. The fourth-order valence-corrected chi connectivity index (χ4v) is 4.70. The number of carbonyl (C=O) groups is 1. The molecule has 3 heterocycles. The van der Waals surface area contributed by atoms with Crippen molar-refractivity contribution < 1.29 is 14.3 Å². The molecule has 7 nitrogen and oxygen atoms in total. The second-order valence-electron chi connectivity index (χ2n) is 7.71. The summed E-state index contributed by atoms with van der Waals surface area (Å²) in [5.74, 6) is 1.39. The van der Waals surface area contributed by atoms with Crippen molar-refractivity contribution in [1.29, 1.82) is 0 Å². The monoisotopic (exact) mass is 428 g/mol. The predicted molar refractivity (Wildman–Crippen MR) is 120 cm³/mol. The number of methoxy groups -OCH3 is 1. The lowest BCUT2D eigenvalue weighted by Gasteiger charge is -2.30. The third-order valence-corrected chi connectivity index (χ3v) is 6.35. The van der Waals surface area contributed by atoms with Crippen LogP contribution in [-0.2, 0) is 4.74 Å². The predicted octanol–water partition coefficient (Wildman–Crippen LogP) is 3.84. The van der Waals surface area contributed by atoms with E-state index < -0.39 is 0 Å². The Labute approximate surface area is 181 Å². The molecule has 1 fully saturated rings. The second kappa shape index (κ2) is 9.59. The van der Waals surface area contributed by atoms with Gasteiger partial charge in [0.1, 0.15) is 16.6 Å². The van der Waals surface area contributed by atoms with Crippen LogP contribution in [0.4, 0.5) is 10.6 Å². The Balaban J connectivity index is 1.43. The molecule has 30 heavy (non-hydrogen) atoms. The maximum Gasteiger partial charge on any atom is 0.320 e. The lowest BCUT2D eigenvalue weighted by molar-refractivity contribution is 0.161. The molecule has 0 unspecified atom stereocenters. The van der Waals surface area contributed by atoms with E-state index in [0.29, 0.717) is 12.4 Å². The van der Waals surface area contributed by atoms with Crippen molar-refractivity contribution in [2.45, 2.75) is 25.3 Å². The topological polar surface area (TPSA) is 75.7 Å². The number of likely N-dealkylation sites (tertiary alicyclic amines) is 1. The van der Waals surface area contributed by atoms with E-state index in [4.69, 9.17) is 9.47 Å². The fourth-order valence-electron chi connectivity index (χ4n) is 3.95. The number of thiazole rings is 1. The van der Waals surface area contributed by atoms with Crippen molar-refractivity contribution in [3.8, 4) is 16.3 Å². The molecule has 1 aromatic carbocycles. The zero-order valence-electron chi connectivity index (χ0n) is 17.4. The van der Waals surface area contributed by atoms with Gasteiger partial charge in [0, 0.05) is 29.1 Å². The van der Waals surface area contributed by atoms with Crippen LogP contribution >= 0.6 is 11.3 Å². The average molecular weight is 429 g/mol. The van der Waals surface area contributed by atoms with Gasteiger partial charge in [-0.2, -0.15) is 0 Å². The number of piperidine rings is 1. The number of rotatable bonds is 5. The van der Waals surface area contributed by atoms with Gasteiger partial charge in [-0.3, -0.25) is 5.32 Å². The van der Waals surface area contributed by atoms with Gasteiger partial charge in [0.2, 0.25) is 0 Å². The summed E-state index contributed by atoms with van der Waals surface area (Å²) in [4.78, 5) is 19.2. The van der Waals surface area contributed by atoms with Gasteiger partial charge in [0.15, 0.2) is 0 Å². The lowest BCUT2D eigenvalue weighted by Crippen LogP contribution is -2.47. The Bertz CT molecular complexity index is 927. The number of hydrogen-bond acceptors (Lipinski definition) is 6. The Morgan fingerprint density at radius 1 is 1.40 bits per heavy atom. The SMILES string of the molecule is COc1cc(-c2nc(NC(=O)N[C@H]3CCCN(C)C3)cs2)ccc1C1=CCOCC1. The largest absolute Gasteiger partial charge is 0.496 e. The standard InChI is InChI=1S/C22H28N4O3S/c1-26-9-3-4-17(13-26)23-22(27)25-20-14-30-21(24-20)16-5-6-18(19(12-16)28-2)15-7-10-29-11-8-15/h5-7,12,14,17H,3-4,8-11,13H2,1-2H3,(H2,23,25,27)/t17-/m0/s1. The van der Waals surface area contributed by atoms with Crippen molar-refractivity contribution in [3.05, 3.63) is 35.2 Å². The van der Waals surface area contributed by atoms with Gasteiger partial charge in [0.25, 0.3) is 0 Å². The number of amides is 2. The molecule has 2 N–H and O–H groups in total. The Morgan fingerprint density at radius 3 is 3.07 bits per heavy atom. The van der Waals surface area contributed by atoms with E-state index >= 15 is 0 Å². The Kier molecular flexibility index (Phi) is 6.66. The minimum Gasteiger partial charge on any atom is -0.496 e. The zero-order valence-corrected chi connectivity index (χ0v) is 18.3. The van der Waals surface area contributed by atoms with E-state index in [2.05, 4.69) is 45.8 Å². The molecular weight excluding hydrogens is 400 g/mol. The van der Waals surface area contributed by atoms with E-state index in [1.807, 2.05) is 11.4 Å². The number of benzene rings is 1. The summed E-state index contributed by atoms with van der Waals surface area (Å²) in [5, 5.41) is 8.61. The lowest BCUT2D eigenvalue weighted by atomic mass is 9.99. The third-order valence-electron chi connectivity index (χ3n) is 5.46. The van der Waals surface area contributed by atoms with Crippen LogP contribution in [0, 0.1) is 0 Å². The van der Waals surface area contributed by atoms with Gasteiger partial charge in [0.05, 0.1) is 20.3 Å². The minimum atomic E-state index is -0.202. The third kappa shape index (κ3) is 5.00. The normalized spacial score (nSPS) is 19.8. The van der Waals surface area contributed by atoms with Crippen LogP contribution in [0.15, 0.2) is 29.7 Å². The molecule has 8 heteroatoms. The van der Waals surface area contributed by atoms with Crippen molar-refractivity contribution in [2.24, 2.45) is 0 Å². The number of likely N-dealkylation sites (N-methyl/N-ethyl adjacent to an activating group) is 1. The molecular formula is C22H28N4O3S. The molecule has 0 bridgehead atoms. The molecule has 4 rings (SSSR count). The molecule has 160 valence electrons. The summed E-state index contributed by atoms with van der Waals surface area (Å²) >= 11 is 1.50. The van der Waals surface area contributed by atoms with Crippen LogP contribution in [0.2, 0.25) is 0 Å². The van der Waals surface area contributed by atoms with Gasteiger partial charge in [-0.05, 0) is 44.5 Å². The summed E-state index contributed by atoms with van der Waals surface area (Å²) in [6.07, 6.45) is 5.10. The van der Waals surface area contributed by atoms with E-state index in [-0.39, 0.29) is 12.1 Å². The molecule has 0 aliphatic carbocycles. The zero-order chi connectivity index (χ0) is 20.9. The smallest absolute Gasteiger partial charge is 0.320 e. The summed E-state index contributed by atoms with van der Waals surface area (Å²) in [6, 6.07) is 6.11. The number of aromatic nitrogens is 1. The number of anilines is 1. The van der Waals surface area contributed by atoms with Crippen molar-refractivity contribution in [3.63, 3.8) is 0 Å². The first-order valence-corrected chi connectivity index (χ1v) is 11.2. The maximum absolute atomic E-state index is 12.3. The molecule has 0 saturated carbocycles. The van der Waals surface area contributed by atoms with Gasteiger partial charge in [-0.15, -0.1) is 11.3 Å². The fraction of sp³-hybridized carbons (Fsp3) is 0.455. The maximum atomic E-state index is 12.3. The average Bonchev–Trinajstić information content (AvgIpc) is 3.22. The number of nitrogens with zero attached hydrogens (tertiary/aromatic N) is 2. The molecule has 1 saturated heterocycles. The highest BCUT2D eigenvalue weighted by Crippen LogP contribution is 2.35. The Morgan fingerprint density at radius 2 is 2.30 bits per heavy atom. The number of urea groups is 1. The number of carbonyl (C=O) groups excluding carboxylic acids is 1. The quantitative estimate of drug-likeness (QED) is 0.757. The number of nitrogens with one attached hydrogen (secondary N) is 2. The number of ether oxygens (including phenoxy) is 2. The van der Waals surface area contributed by atoms with Gasteiger partial charge < -0.3 is 19.7 Å². The van der Waals surface area contributed by atoms with Gasteiger partial charge in [-0.25, -0.2) is 9.78 Å². The molecule has 2 aliphatic rings. The second-order valence-corrected chi connectivity index (χ2v) is 8.57. The van der Waals surface area contributed by atoms with Crippen LogP contribution in [0.25, 0.3) is 16.1 Å². The highest BCUT2D eigenvalue weighted by Gasteiger charge is 2.19. The molecule has 2 aromatic rings. The molecule has 1 atom stereocenters. The van der Waals surface area contributed by atoms with Crippen molar-refractivity contribution in [1.82, 2.24) is 15.2 Å². The van der Waals surface area contributed by atoms with E-state index in [1.54, 1.807) is 7.11 Å². The minimum absolute atomic E-state index is 0.179. The van der Waals surface area contributed by atoms with Gasteiger partial charge in [-0.1, -0.05) is 18.2 Å². The molecule has 1 aromatic heterocycles. The Hall–Kier alpha value is -2.42. The first-order chi connectivity index (χ1) is 14.6. The van der Waals surface area contributed by atoms with Gasteiger partial charge >= 0.3 is 6.03 Å². The highest BCUT2D eigenvalue weighted by molar-refractivity contribution is 7.13. The first-order valence-electron chi connectivity index (χ1n) is 10.3. The first kappa shape index (κ1) is 20.8. The highest BCUT2D eigenvalue weighted by atomic mass is 32.1. The van der Waals surface area contributed by atoms with E-state index in [0.717, 1.165) is 60.8 Å². The summed E-state index contributed by atoms with van der Waals surface area (Å²) < 4.78 is 11.0. The van der Waals surface area contributed by atoms with Crippen LogP contribution in [0.5, 0.6) is 5.75 Å². The van der Waals surface area contributed by atoms with Crippen molar-refractivity contribution >= 4 is 28.8 Å². The van der Waals surface area contributed by atoms with E-state index in [9.17, 15) is 4.79 Å². The van der Waals surface area contributed by atoms with Crippen LogP contribution in [0.3, 0.4) is 0 Å². The molecule has 2 amide bonds. The van der Waals surface area contributed by atoms with Crippen LogP contribution < -0.4 is 15.4 Å².